The van der Waals surface area contributed by atoms with Crippen LogP contribution in [0.3, 0.4) is 0 Å². The summed E-state index contributed by atoms with van der Waals surface area (Å²) in [5.74, 6) is -2.66. The fraction of sp³-hybridized carbons (Fsp3) is 0.647. The summed E-state index contributed by atoms with van der Waals surface area (Å²) in [6.45, 7) is 0.341. The molecule has 0 aromatic carbocycles. The molecule has 2 aliphatic heterocycles. The van der Waals surface area contributed by atoms with E-state index < -0.39 is 23.7 Å². The first-order valence-corrected chi connectivity index (χ1v) is 10.2. The zero-order valence-corrected chi connectivity index (χ0v) is 16.0. The molecule has 11 heteroatoms. The van der Waals surface area contributed by atoms with Crippen molar-refractivity contribution in [2.45, 2.75) is 38.5 Å². The van der Waals surface area contributed by atoms with E-state index in [9.17, 15) is 28.8 Å². The summed E-state index contributed by atoms with van der Waals surface area (Å²) in [4.78, 5) is 76.5. The molecule has 3 rings (SSSR count). The maximum absolute atomic E-state index is 12.3. The molecule has 2 saturated heterocycles. The van der Waals surface area contributed by atoms with Gasteiger partial charge in [-0.05, 0) is 25.7 Å². The van der Waals surface area contributed by atoms with Crippen LogP contribution in [0.5, 0.6) is 0 Å². The number of imide groups is 2. The first-order valence-electron chi connectivity index (χ1n) is 9.19. The molecule has 3 fully saturated rings. The van der Waals surface area contributed by atoms with Gasteiger partial charge in [-0.1, -0.05) is 11.8 Å². The standard InChI is InChI=1S/C17H21N3O7S/c21-12-5-6-13(22)20(12)27-16(25)11-3-1-10(2-4-11)15(24)18-7-8-19-14(23)9-28-17(19)26/h10-11H,1-9H2,(H,18,24)/t10-,11-. The van der Waals surface area contributed by atoms with Gasteiger partial charge in [-0.2, -0.15) is 0 Å². The van der Waals surface area contributed by atoms with Crippen molar-refractivity contribution >= 4 is 46.6 Å². The van der Waals surface area contributed by atoms with Crippen molar-refractivity contribution in [2.75, 3.05) is 18.8 Å². The van der Waals surface area contributed by atoms with Crippen molar-refractivity contribution < 1.29 is 33.6 Å². The minimum absolute atomic E-state index is 0.0480. The van der Waals surface area contributed by atoms with E-state index in [0.717, 1.165) is 16.7 Å². The molecule has 0 aromatic rings. The highest BCUT2D eigenvalue weighted by atomic mass is 32.2. The lowest BCUT2D eigenvalue weighted by molar-refractivity contribution is -0.201. The van der Waals surface area contributed by atoms with Gasteiger partial charge in [-0.25, -0.2) is 4.79 Å². The van der Waals surface area contributed by atoms with E-state index in [1.807, 2.05) is 0 Å². The molecule has 0 atom stereocenters. The maximum atomic E-state index is 12.3. The number of hydrogen-bond donors (Lipinski definition) is 1. The minimum Gasteiger partial charge on any atom is -0.354 e. The molecule has 1 aliphatic carbocycles. The molecule has 5 amide bonds. The smallest absolute Gasteiger partial charge is 0.336 e. The molecule has 3 aliphatic rings. The minimum atomic E-state index is -0.619. The van der Waals surface area contributed by atoms with Gasteiger partial charge in [0.05, 0.1) is 11.7 Å². The summed E-state index contributed by atoms with van der Waals surface area (Å²) in [7, 11) is 0. The Kier molecular flexibility index (Phi) is 6.32. The Balaban J connectivity index is 1.38. The summed E-state index contributed by atoms with van der Waals surface area (Å²) in [5, 5.41) is 2.97. The number of thioether (sulfide) groups is 1. The molecule has 0 radical (unpaired) electrons. The number of hydroxylamine groups is 2. The highest BCUT2D eigenvalue weighted by Gasteiger charge is 2.37. The molecule has 2 heterocycles. The van der Waals surface area contributed by atoms with Crippen LogP contribution in [0.4, 0.5) is 4.79 Å². The van der Waals surface area contributed by atoms with Gasteiger partial charge in [0.2, 0.25) is 11.8 Å². The van der Waals surface area contributed by atoms with Crippen molar-refractivity contribution in [2.24, 2.45) is 11.8 Å². The summed E-state index contributed by atoms with van der Waals surface area (Å²) in [5.41, 5.74) is 0. The van der Waals surface area contributed by atoms with Gasteiger partial charge in [0.25, 0.3) is 17.1 Å². The van der Waals surface area contributed by atoms with Crippen LogP contribution in [0.1, 0.15) is 38.5 Å². The number of hydrogen-bond acceptors (Lipinski definition) is 8. The fourth-order valence-corrected chi connectivity index (χ4v) is 4.20. The lowest BCUT2D eigenvalue weighted by atomic mass is 9.81. The predicted molar refractivity (Wildman–Crippen MR) is 95.2 cm³/mol. The van der Waals surface area contributed by atoms with E-state index in [4.69, 9.17) is 4.84 Å². The van der Waals surface area contributed by atoms with Crippen molar-refractivity contribution in [1.82, 2.24) is 15.3 Å². The van der Waals surface area contributed by atoms with Gasteiger partial charge in [0, 0.05) is 31.8 Å². The van der Waals surface area contributed by atoms with E-state index in [1.54, 1.807) is 0 Å². The largest absolute Gasteiger partial charge is 0.354 e. The zero-order chi connectivity index (χ0) is 20.3. The highest BCUT2D eigenvalue weighted by Crippen LogP contribution is 2.30. The average Bonchev–Trinajstić information content (AvgIpc) is 3.18. The number of carbonyl (C=O) groups excluding carboxylic acids is 6. The molecule has 0 spiro atoms. The monoisotopic (exact) mass is 411 g/mol. The maximum Gasteiger partial charge on any atom is 0.336 e. The van der Waals surface area contributed by atoms with Crippen LogP contribution in [-0.2, 0) is 28.8 Å². The van der Waals surface area contributed by atoms with Crippen molar-refractivity contribution in [1.29, 1.82) is 0 Å². The van der Waals surface area contributed by atoms with Crippen molar-refractivity contribution in [3.05, 3.63) is 0 Å². The van der Waals surface area contributed by atoms with E-state index in [1.165, 1.54) is 0 Å². The average molecular weight is 411 g/mol. The molecule has 1 saturated carbocycles. The van der Waals surface area contributed by atoms with Gasteiger partial charge in [0.1, 0.15) is 0 Å². The van der Waals surface area contributed by atoms with Crippen LogP contribution in [-0.4, -0.2) is 63.6 Å². The Morgan fingerprint density at radius 2 is 1.57 bits per heavy atom. The normalized spacial score (nSPS) is 25.4. The molecule has 28 heavy (non-hydrogen) atoms. The van der Waals surface area contributed by atoms with Crippen LogP contribution < -0.4 is 5.32 Å². The summed E-state index contributed by atoms with van der Waals surface area (Å²) < 4.78 is 0. The first kappa shape index (κ1) is 20.3. The van der Waals surface area contributed by atoms with Gasteiger partial charge >= 0.3 is 5.97 Å². The number of rotatable bonds is 6. The van der Waals surface area contributed by atoms with Gasteiger partial charge in [-0.3, -0.25) is 28.9 Å². The number of amides is 5. The van der Waals surface area contributed by atoms with Crippen LogP contribution in [0.15, 0.2) is 0 Å². The van der Waals surface area contributed by atoms with E-state index in [2.05, 4.69) is 5.32 Å². The summed E-state index contributed by atoms with van der Waals surface area (Å²) >= 11 is 0.950. The molecular formula is C17H21N3O7S. The second kappa shape index (κ2) is 8.72. The quantitative estimate of drug-likeness (QED) is 0.614. The second-order valence-electron chi connectivity index (χ2n) is 6.93. The Labute approximate surface area is 165 Å². The molecule has 0 unspecified atom stereocenters. The summed E-state index contributed by atoms with van der Waals surface area (Å²) in [6.07, 6.45) is 1.90. The first-order chi connectivity index (χ1) is 13.4. The fourth-order valence-electron chi connectivity index (χ4n) is 3.45. The Hall–Kier alpha value is -2.43. The van der Waals surface area contributed by atoms with Crippen LogP contribution >= 0.6 is 11.8 Å². The molecular weight excluding hydrogens is 390 g/mol. The Morgan fingerprint density at radius 3 is 2.14 bits per heavy atom. The van der Waals surface area contributed by atoms with Crippen LogP contribution in [0, 0.1) is 11.8 Å². The van der Waals surface area contributed by atoms with E-state index >= 15 is 0 Å². The van der Waals surface area contributed by atoms with E-state index in [-0.39, 0.29) is 54.7 Å². The SMILES string of the molecule is O=C1CSC(=O)N1CCNC(=O)[C@H]1CC[C@H](C(=O)ON2C(=O)CCC2=O)CC1. The number of nitrogens with one attached hydrogen (secondary N) is 1. The van der Waals surface area contributed by atoms with Gasteiger partial charge in [0.15, 0.2) is 0 Å². The highest BCUT2D eigenvalue weighted by molar-refractivity contribution is 8.14. The van der Waals surface area contributed by atoms with Crippen LogP contribution in [0.25, 0.3) is 0 Å². The number of carbonyl (C=O) groups is 6. The van der Waals surface area contributed by atoms with Crippen LogP contribution in [0.2, 0.25) is 0 Å². The number of nitrogens with zero attached hydrogens (tertiary/aromatic N) is 2. The summed E-state index contributed by atoms with van der Waals surface area (Å²) in [6, 6.07) is 0. The third kappa shape index (κ3) is 4.51. The third-order valence-electron chi connectivity index (χ3n) is 5.09. The van der Waals surface area contributed by atoms with Gasteiger partial charge < -0.3 is 10.2 Å². The molecule has 0 bridgehead atoms. The van der Waals surface area contributed by atoms with E-state index in [0.29, 0.717) is 30.7 Å². The third-order valence-corrected chi connectivity index (χ3v) is 5.95. The molecule has 10 nitrogen and oxygen atoms in total. The lowest BCUT2D eigenvalue weighted by Crippen LogP contribution is -2.41. The van der Waals surface area contributed by atoms with Crippen molar-refractivity contribution in [3.8, 4) is 0 Å². The predicted octanol–water partition coefficient (Wildman–Crippen LogP) is 0.212. The Morgan fingerprint density at radius 1 is 0.964 bits per heavy atom. The Bertz CT molecular complexity index is 686. The zero-order valence-electron chi connectivity index (χ0n) is 15.2. The molecule has 1 N–H and O–H groups in total. The van der Waals surface area contributed by atoms with Crippen molar-refractivity contribution in [3.63, 3.8) is 0 Å². The molecule has 152 valence electrons. The van der Waals surface area contributed by atoms with Gasteiger partial charge in [-0.15, -0.1) is 5.06 Å². The topological polar surface area (TPSA) is 130 Å². The lowest BCUT2D eigenvalue weighted by Gasteiger charge is -2.27. The second-order valence-corrected chi connectivity index (χ2v) is 7.86. The molecule has 0 aromatic heterocycles.